The highest BCUT2D eigenvalue weighted by Gasteiger charge is 2.64. The Morgan fingerprint density at radius 1 is 1.32 bits per heavy atom. The molecule has 6 atom stereocenters. The summed E-state index contributed by atoms with van der Waals surface area (Å²) in [6.07, 6.45) is 1.35. The molecule has 3 fully saturated rings. The summed E-state index contributed by atoms with van der Waals surface area (Å²) in [4.78, 5) is 12.1. The van der Waals surface area contributed by atoms with Gasteiger partial charge in [-0.3, -0.25) is 0 Å². The van der Waals surface area contributed by atoms with Gasteiger partial charge in [-0.15, -0.1) is 0 Å². The first-order valence-corrected chi connectivity index (χ1v) is 8.30. The molecule has 1 aromatic carbocycles. The minimum atomic E-state index is -1.08. The highest BCUT2D eigenvalue weighted by molar-refractivity contribution is 5.87. The van der Waals surface area contributed by atoms with Crippen molar-refractivity contribution in [2.24, 2.45) is 11.8 Å². The average Bonchev–Trinajstić information content (AvgIpc) is 3.03. The molecule has 7 heteroatoms. The molecule has 1 aromatic rings. The zero-order valence-electron chi connectivity index (χ0n) is 13.4. The Balaban J connectivity index is 1.44. The number of hydrogen-bond donors (Lipinski definition) is 3. The van der Waals surface area contributed by atoms with Crippen molar-refractivity contribution in [1.29, 1.82) is 0 Å². The number of benzene rings is 1. The molecule has 0 amide bonds. The number of esters is 1. The van der Waals surface area contributed by atoms with E-state index in [0.717, 1.165) is 5.56 Å². The van der Waals surface area contributed by atoms with Crippen LogP contribution in [0.4, 0.5) is 0 Å². The van der Waals surface area contributed by atoms with Gasteiger partial charge in [0.2, 0.25) is 0 Å². The Morgan fingerprint density at radius 3 is 2.84 bits per heavy atom. The normalized spacial score (nSPS) is 39.5. The summed E-state index contributed by atoms with van der Waals surface area (Å²) in [5.41, 5.74) is -0.326. The molecule has 2 aliphatic heterocycles. The monoisotopic (exact) mass is 348 g/mol. The molecule has 0 unspecified atom stereocenters. The third-order valence-corrected chi connectivity index (χ3v) is 5.24. The van der Waals surface area contributed by atoms with Crippen LogP contribution in [-0.4, -0.2) is 52.2 Å². The molecule has 25 heavy (non-hydrogen) atoms. The van der Waals surface area contributed by atoms with Gasteiger partial charge in [-0.25, -0.2) is 4.79 Å². The fourth-order valence-corrected chi connectivity index (χ4v) is 4.14. The number of phenolic OH excluding ortho intramolecular Hbond substituents is 1. The SMILES string of the molecule is O=C(/C=C/c1ccc(O)cc1)O[C@@H]1C[C@@]2(O)CO[C@H]3O[C@@H](O)C[C@@H]1[C@H]32. The molecular formula is C18H20O7. The van der Waals surface area contributed by atoms with Crippen LogP contribution < -0.4 is 0 Å². The smallest absolute Gasteiger partial charge is 0.331 e. The zero-order valence-corrected chi connectivity index (χ0v) is 13.4. The molecule has 2 saturated heterocycles. The molecule has 1 aliphatic carbocycles. The number of aromatic hydroxyl groups is 1. The maximum absolute atomic E-state index is 12.1. The van der Waals surface area contributed by atoms with Crippen molar-refractivity contribution in [2.45, 2.75) is 37.1 Å². The van der Waals surface area contributed by atoms with Crippen molar-refractivity contribution in [3.63, 3.8) is 0 Å². The van der Waals surface area contributed by atoms with E-state index in [4.69, 9.17) is 14.2 Å². The van der Waals surface area contributed by atoms with Gasteiger partial charge in [-0.2, -0.15) is 0 Å². The molecule has 7 nitrogen and oxygen atoms in total. The van der Waals surface area contributed by atoms with Crippen LogP contribution in [-0.2, 0) is 19.0 Å². The van der Waals surface area contributed by atoms with E-state index in [1.807, 2.05) is 0 Å². The number of aliphatic hydroxyl groups excluding tert-OH is 1. The molecule has 4 rings (SSSR count). The van der Waals surface area contributed by atoms with Crippen LogP contribution in [0.15, 0.2) is 30.3 Å². The van der Waals surface area contributed by atoms with Gasteiger partial charge in [-0.1, -0.05) is 12.1 Å². The highest BCUT2D eigenvalue weighted by Crippen LogP contribution is 2.53. The van der Waals surface area contributed by atoms with Crippen LogP contribution in [0.3, 0.4) is 0 Å². The number of hydrogen-bond acceptors (Lipinski definition) is 7. The Hall–Kier alpha value is -1.93. The Bertz CT molecular complexity index is 685. The van der Waals surface area contributed by atoms with E-state index in [-0.39, 0.29) is 30.6 Å². The summed E-state index contributed by atoms with van der Waals surface area (Å²) < 4.78 is 16.3. The maximum atomic E-state index is 12.1. The van der Waals surface area contributed by atoms with E-state index in [9.17, 15) is 20.1 Å². The molecular weight excluding hydrogens is 328 g/mol. The maximum Gasteiger partial charge on any atom is 0.331 e. The van der Waals surface area contributed by atoms with Gasteiger partial charge in [0, 0.05) is 30.8 Å². The fourth-order valence-electron chi connectivity index (χ4n) is 4.14. The van der Waals surface area contributed by atoms with E-state index >= 15 is 0 Å². The first-order chi connectivity index (χ1) is 11.9. The minimum absolute atomic E-state index is 0.114. The van der Waals surface area contributed by atoms with Gasteiger partial charge >= 0.3 is 5.97 Å². The largest absolute Gasteiger partial charge is 0.508 e. The van der Waals surface area contributed by atoms with Gasteiger partial charge < -0.3 is 29.5 Å². The van der Waals surface area contributed by atoms with Crippen LogP contribution in [0.2, 0.25) is 0 Å². The number of ether oxygens (including phenoxy) is 3. The van der Waals surface area contributed by atoms with Gasteiger partial charge in [0.1, 0.15) is 11.9 Å². The topological polar surface area (TPSA) is 105 Å². The predicted molar refractivity (Wildman–Crippen MR) is 85.0 cm³/mol. The molecule has 134 valence electrons. The average molecular weight is 348 g/mol. The summed E-state index contributed by atoms with van der Waals surface area (Å²) in [7, 11) is 0. The van der Waals surface area contributed by atoms with Crippen LogP contribution in [0.1, 0.15) is 18.4 Å². The van der Waals surface area contributed by atoms with Crippen molar-refractivity contribution in [3.8, 4) is 5.75 Å². The molecule has 2 heterocycles. The molecule has 3 N–H and O–H groups in total. The molecule has 3 aliphatic rings. The number of carbonyl (C=O) groups excluding carboxylic acids is 1. The minimum Gasteiger partial charge on any atom is -0.508 e. The Morgan fingerprint density at radius 2 is 2.08 bits per heavy atom. The summed E-state index contributed by atoms with van der Waals surface area (Å²) >= 11 is 0. The van der Waals surface area contributed by atoms with Gasteiger partial charge in [0.25, 0.3) is 0 Å². The number of phenols is 1. The van der Waals surface area contributed by atoms with Crippen LogP contribution in [0, 0.1) is 11.8 Å². The van der Waals surface area contributed by atoms with E-state index in [1.165, 1.54) is 18.2 Å². The second kappa shape index (κ2) is 6.10. The van der Waals surface area contributed by atoms with Crippen molar-refractivity contribution in [3.05, 3.63) is 35.9 Å². The first kappa shape index (κ1) is 16.5. The van der Waals surface area contributed by atoms with Crippen molar-refractivity contribution < 1.29 is 34.3 Å². The zero-order chi connectivity index (χ0) is 17.6. The molecule has 0 radical (unpaired) electrons. The quantitative estimate of drug-likeness (QED) is 0.547. The summed E-state index contributed by atoms with van der Waals surface area (Å²) in [5, 5.41) is 29.8. The second-order valence-corrected chi connectivity index (χ2v) is 6.90. The lowest BCUT2D eigenvalue weighted by Gasteiger charge is -2.35. The fraction of sp³-hybridized carbons (Fsp3) is 0.500. The van der Waals surface area contributed by atoms with Gasteiger partial charge in [0.15, 0.2) is 12.6 Å². The molecule has 0 bridgehead atoms. The second-order valence-electron chi connectivity index (χ2n) is 6.90. The molecule has 0 aromatic heterocycles. The lowest BCUT2D eigenvalue weighted by atomic mass is 9.84. The van der Waals surface area contributed by atoms with E-state index < -0.39 is 30.3 Å². The van der Waals surface area contributed by atoms with Crippen molar-refractivity contribution in [2.75, 3.05) is 6.61 Å². The summed E-state index contributed by atoms with van der Waals surface area (Å²) in [6.45, 7) is 0.114. The summed E-state index contributed by atoms with van der Waals surface area (Å²) in [5.74, 6) is -0.859. The first-order valence-electron chi connectivity index (χ1n) is 8.30. The van der Waals surface area contributed by atoms with Crippen LogP contribution in [0.25, 0.3) is 6.08 Å². The number of carbonyl (C=O) groups is 1. The molecule has 1 saturated carbocycles. The highest BCUT2D eigenvalue weighted by atomic mass is 16.7. The number of aliphatic hydroxyl groups is 2. The van der Waals surface area contributed by atoms with Crippen LogP contribution >= 0.6 is 0 Å². The third-order valence-electron chi connectivity index (χ3n) is 5.24. The van der Waals surface area contributed by atoms with Crippen LogP contribution in [0.5, 0.6) is 5.75 Å². The molecule has 0 spiro atoms. The van der Waals surface area contributed by atoms with E-state index in [1.54, 1.807) is 18.2 Å². The van der Waals surface area contributed by atoms with Gasteiger partial charge in [-0.05, 0) is 23.8 Å². The Kier molecular flexibility index (Phi) is 4.04. The summed E-state index contributed by atoms with van der Waals surface area (Å²) in [6, 6.07) is 6.42. The van der Waals surface area contributed by atoms with Gasteiger partial charge in [0.05, 0.1) is 12.2 Å². The van der Waals surface area contributed by atoms with Crippen molar-refractivity contribution >= 4 is 12.0 Å². The van der Waals surface area contributed by atoms with E-state index in [0.29, 0.717) is 6.42 Å². The lowest BCUT2D eigenvalue weighted by Crippen LogP contribution is -2.44. The predicted octanol–water partition coefficient (Wildman–Crippen LogP) is 0.779. The third kappa shape index (κ3) is 3.04. The lowest BCUT2D eigenvalue weighted by molar-refractivity contribution is -0.266. The van der Waals surface area contributed by atoms with Crippen molar-refractivity contribution in [1.82, 2.24) is 0 Å². The Labute approximate surface area is 144 Å². The van der Waals surface area contributed by atoms with E-state index in [2.05, 4.69) is 0 Å². The number of rotatable bonds is 3. The standard InChI is InChI=1S/C18H20O7/c19-11-4-1-10(2-5-11)3-6-14(20)24-13-8-18(22)9-23-17-16(18)12(13)7-15(21)25-17/h1-6,12-13,15-17,19,21-22H,7-9H2/b6-3+/t12-,13+,15+,16+,17-,18+/m0/s1.